The van der Waals surface area contributed by atoms with Gasteiger partial charge in [0.25, 0.3) is 11.8 Å². The van der Waals surface area contributed by atoms with E-state index in [0.717, 1.165) is 49.8 Å². The molecule has 1 aliphatic rings. The Kier molecular flexibility index (Phi) is 8.93. The Labute approximate surface area is 198 Å². The molecule has 2 amide bonds. The second kappa shape index (κ2) is 11.9. The molecule has 0 unspecified atom stereocenters. The molecule has 5 heteroatoms. The van der Waals surface area contributed by atoms with Gasteiger partial charge in [-0.25, -0.2) is 0 Å². The van der Waals surface area contributed by atoms with E-state index in [1.807, 2.05) is 67.4 Å². The van der Waals surface area contributed by atoms with Crippen molar-refractivity contribution in [3.63, 3.8) is 0 Å². The summed E-state index contributed by atoms with van der Waals surface area (Å²) in [6, 6.07) is 15.2. The number of carbonyl (C=O) groups excluding carboxylic acids is 2. The Balaban J connectivity index is 1.94. The van der Waals surface area contributed by atoms with E-state index in [1.165, 1.54) is 0 Å². The van der Waals surface area contributed by atoms with E-state index < -0.39 is 0 Å². The largest absolute Gasteiger partial charge is 0.491 e. The third-order valence-corrected chi connectivity index (χ3v) is 6.36. The third-order valence-electron chi connectivity index (χ3n) is 6.36. The predicted octanol–water partition coefficient (Wildman–Crippen LogP) is 5.58. The predicted molar refractivity (Wildman–Crippen MR) is 133 cm³/mol. The van der Waals surface area contributed by atoms with E-state index in [9.17, 15) is 9.59 Å². The summed E-state index contributed by atoms with van der Waals surface area (Å²) < 4.78 is 6.27. The van der Waals surface area contributed by atoms with Crippen LogP contribution in [0.15, 0.2) is 48.5 Å². The van der Waals surface area contributed by atoms with Crippen molar-refractivity contribution in [1.29, 1.82) is 0 Å². The highest BCUT2D eigenvalue weighted by atomic mass is 16.5. The van der Waals surface area contributed by atoms with E-state index in [0.29, 0.717) is 30.4 Å². The highest BCUT2D eigenvalue weighted by Gasteiger charge is 2.28. The Morgan fingerprint density at radius 2 is 1.67 bits per heavy atom. The summed E-state index contributed by atoms with van der Waals surface area (Å²) in [6.07, 6.45) is 4.81. The van der Waals surface area contributed by atoms with Gasteiger partial charge in [0.15, 0.2) is 0 Å². The number of aryl methyl sites for hydroxylation is 1. The maximum Gasteiger partial charge on any atom is 0.257 e. The Bertz CT molecular complexity index is 940. The van der Waals surface area contributed by atoms with E-state index in [-0.39, 0.29) is 17.9 Å². The topological polar surface area (TPSA) is 49.9 Å². The van der Waals surface area contributed by atoms with Crippen molar-refractivity contribution in [3.8, 4) is 5.75 Å². The number of amides is 2. The maximum absolute atomic E-state index is 13.7. The van der Waals surface area contributed by atoms with Crippen LogP contribution in [-0.4, -0.2) is 54.4 Å². The lowest BCUT2D eigenvalue weighted by molar-refractivity contribution is 0.0566. The zero-order valence-electron chi connectivity index (χ0n) is 20.5. The second-order valence-corrected chi connectivity index (χ2v) is 9.54. The highest BCUT2D eigenvalue weighted by molar-refractivity contribution is 5.97. The Morgan fingerprint density at radius 3 is 2.39 bits per heavy atom. The van der Waals surface area contributed by atoms with Gasteiger partial charge in [0.05, 0.1) is 11.6 Å². The number of rotatable bonds is 3. The number of hydrogen-bond acceptors (Lipinski definition) is 3. The average Bonchev–Trinajstić information content (AvgIpc) is 2.80. The van der Waals surface area contributed by atoms with Gasteiger partial charge in [0, 0.05) is 25.7 Å². The van der Waals surface area contributed by atoms with Gasteiger partial charge >= 0.3 is 0 Å². The first-order valence-electron chi connectivity index (χ1n) is 12.2. The van der Waals surface area contributed by atoms with Crippen LogP contribution in [0.4, 0.5) is 0 Å². The molecule has 5 nitrogen and oxygen atoms in total. The summed E-state index contributed by atoms with van der Waals surface area (Å²) in [5, 5.41) is 0. The van der Waals surface area contributed by atoms with Crippen molar-refractivity contribution >= 4 is 11.8 Å². The number of carbonyl (C=O) groups is 2. The van der Waals surface area contributed by atoms with E-state index in [2.05, 4.69) is 13.8 Å². The minimum Gasteiger partial charge on any atom is -0.491 e. The molecule has 0 N–H and O–H groups in total. The van der Waals surface area contributed by atoms with Crippen LogP contribution in [0.3, 0.4) is 0 Å². The lowest BCUT2D eigenvalue weighted by atomic mass is 10.00. The van der Waals surface area contributed by atoms with Gasteiger partial charge in [0.2, 0.25) is 0 Å². The SMILES string of the molecule is Cc1ccccc1C(=O)N1CCCCCCN(C)C(=O)c2ccccc2OC[C@@H]1CC(C)C. The molecule has 1 atom stereocenters. The second-order valence-electron chi connectivity index (χ2n) is 9.54. The van der Waals surface area contributed by atoms with Crippen LogP contribution in [0, 0.1) is 12.8 Å². The van der Waals surface area contributed by atoms with Crippen LogP contribution in [-0.2, 0) is 0 Å². The lowest BCUT2D eigenvalue weighted by Crippen LogP contribution is -2.45. The number of hydrogen-bond donors (Lipinski definition) is 0. The number of ether oxygens (including phenoxy) is 1. The molecule has 0 saturated heterocycles. The molecule has 0 bridgehead atoms. The zero-order valence-corrected chi connectivity index (χ0v) is 20.5. The molecule has 178 valence electrons. The average molecular weight is 451 g/mol. The van der Waals surface area contributed by atoms with E-state index >= 15 is 0 Å². The molecule has 2 aromatic carbocycles. The molecule has 0 spiro atoms. The quantitative estimate of drug-likeness (QED) is 0.614. The van der Waals surface area contributed by atoms with Crippen molar-refractivity contribution in [1.82, 2.24) is 9.80 Å². The summed E-state index contributed by atoms with van der Waals surface area (Å²) in [4.78, 5) is 30.5. The zero-order chi connectivity index (χ0) is 23.8. The summed E-state index contributed by atoms with van der Waals surface area (Å²) in [6.45, 7) is 8.13. The first-order chi connectivity index (χ1) is 15.9. The van der Waals surface area contributed by atoms with E-state index in [1.54, 1.807) is 4.90 Å². The van der Waals surface area contributed by atoms with Crippen LogP contribution in [0.25, 0.3) is 0 Å². The molecule has 0 aliphatic carbocycles. The van der Waals surface area contributed by atoms with Crippen LogP contribution < -0.4 is 4.74 Å². The van der Waals surface area contributed by atoms with Crippen molar-refractivity contribution in [3.05, 3.63) is 65.2 Å². The van der Waals surface area contributed by atoms with Gasteiger partial charge in [-0.1, -0.05) is 57.0 Å². The van der Waals surface area contributed by atoms with Crippen LogP contribution in [0.2, 0.25) is 0 Å². The minimum absolute atomic E-state index is 0.0177. The number of benzene rings is 2. The van der Waals surface area contributed by atoms with Gasteiger partial charge in [-0.2, -0.15) is 0 Å². The standard InChI is InChI=1S/C28H38N2O3/c1-21(2)19-23-20-33-26-16-10-9-15-25(26)27(31)29(4)17-11-5-6-12-18-30(23)28(32)24-14-8-7-13-22(24)3/h7-10,13-16,21,23H,5-6,11-12,17-20H2,1-4H3/t23-/m0/s1. The number of nitrogens with zero attached hydrogens (tertiary/aromatic N) is 2. The fourth-order valence-electron chi connectivity index (χ4n) is 4.49. The molecule has 0 radical (unpaired) electrons. The first kappa shape index (κ1) is 24.8. The summed E-state index contributed by atoms with van der Waals surface area (Å²) in [7, 11) is 1.86. The molecular formula is C28H38N2O3. The van der Waals surface area contributed by atoms with Crippen molar-refractivity contribution in [2.24, 2.45) is 5.92 Å². The van der Waals surface area contributed by atoms with Crippen LogP contribution in [0.5, 0.6) is 5.75 Å². The summed E-state index contributed by atoms with van der Waals surface area (Å²) in [5.41, 5.74) is 2.33. The molecule has 2 aromatic rings. The molecule has 0 saturated carbocycles. The normalized spacial score (nSPS) is 18.5. The molecule has 33 heavy (non-hydrogen) atoms. The Hall–Kier alpha value is -2.82. The maximum atomic E-state index is 13.7. The van der Waals surface area contributed by atoms with Gasteiger partial charge in [0.1, 0.15) is 12.4 Å². The van der Waals surface area contributed by atoms with Crippen LogP contribution >= 0.6 is 0 Å². The first-order valence-corrected chi connectivity index (χ1v) is 12.2. The smallest absolute Gasteiger partial charge is 0.257 e. The van der Waals surface area contributed by atoms with Gasteiger partial charge in [-0.3, -0.25) is 9.59 Å². The highest BCUT2D eigenvalue weighted by Crippen LogP contribution is 2.24. The van der Waals surface area contributed by atoms with Crippen molar-refractivity contribution in [2.75, 3.05) is 26.7 Å². The van der Waals surface area contributed by atoms with Crippen LogP contribution in [0.1, 0.15) is 72.2 Å². The number of para-hydroxylation sites is 1. The van der Waals surface area contributed by atoms with Gasteiger partial charge < -0.3 is 14.5 Å². The van der Waals surface area contributed by atoms with Gasteiger partial charge in [-0.05, 0) is 55.9 Å². The fourth-order valence-corrected chi connectivity index (χ4v) is 4.49. The number of fused-ring (bicyclic) bond motifs is 1. The summed E-state index contributed by atoms with van der Waals surface area (Å²) in [5.74, 6) is 1.05. The molecule has 1 aliphatic heterocycles. The van der Waals surface area contributed by atoms with E-state index in [4.69, 9.17) is 4.74 Å². The minimum atomic E-state index is -0.0686. The van der Waals surface area contributed by atoms with Crippen molar-refractivity contribution in [2.45, 2.75) is 58.9 Å². The third kappa shape index (κ3) is 6.59. The molecule has 3 rings (SSSR count). The monoisotopic (exact) mass is 450 g/mol. The van der Waals surface area contributed by atoms with Crippen molar-refractivity contribution < 1.29 is 14.3 Å². The van der Waals surface area contributed by atoms with Gasteiger partial charge in [-0.15, -0.1) is 0 Å². The molecular weight excluding hydrogens is 412 g/mol. The fraction of sp³-hybridized carbons (Fsp3) is 0.500. The molecule has 1 heterocycles. The summed E-state index contributed by atoms with van der Waals surface area (Å²) >= 11 is 0. The Morgan fingerprint density at radius 1 is 1.00 bits per heavy atom. The molecule has 0 aromatic heterocycles. The molecule has 0 fully saturated rings. The lowest BCUT2D eigenvalue weighted by Gasteiger charge is -2.34.